The molecule has 0 atom stereocenters. The van der Waals surface area contributed by atoms with Crippen molar-refractivity contribution < 1.29 is 4.52 Å². The van der Waals surface area contributed by atoms with Gasteiger partial charge in [-0.2, -0.15) is 4.98 Å². The summed E-state index contributed by atoms with van der Waals surface area (Å²) in [5.74, 6) is 1.80. The summed E-state index contributed by atoms with van der Waals surface area (Å²) in [6.07, 6.45) is 0. The van der Waals surface area contributed by atoms with Crippen molar-refractivity contribution in [2.24, 2.45) is 4.99 Å². The number of aliphatic imine (C=N–C) groups is 1. The molecule has 0 unspecified atom stereocenters. The minimum atomic E-state index is 0.432. The lowest BCUT2D eigenvalue weighted by atomic mass is 10.2. The number of hydrogen-bond donors (Lipinski definition) is 2. The zero-order valence-corrected chi connectivity index (χ0v) is 12.1. The Balaban J connectivity index is 1.82. The topological polar surface area (TPSA) is 75.3 Å². The Bertz CT molecular complexity index is 579. The van der Waals surface area contributed by atoms with Gasteiger partial charge < -0.3 is 15.2 Å². The molecule has 0 saturated heterocycles. The van der Waals surface area contributed by atoms with Crippen molar-refractivity contribution in [2.75, 3.05) is 7.05 Å². The molecule has 20 heavy (non-hydrogen) atoms. The van der Waals surface area contributed by atoms with Gasteiger partial charge in [-0.05, 0) is 24.6 Å². The number of aromatic nitrogens is 2. The molecule has 0 bridgehead atoms. The van der Waals surface area contributed by atoms with Crippen molar-refractivity contribution in [1.82, 2.24) is 20.8 Å². The van der Waals surface area contributed by atoms with Crippen LogP contribution in [-0.4, -0.2) is 23.1 Å². The van der Waals surface area contributed by atoms with Gasteiger partial charge in [0.25, 0.3) is 0 Å². The number of halogens is 1. The molecule has 106 valence electrons. The summed E-state index contributed by atoms with van der Waals surface area (Å²) in [5, 5.41) is 10.7. The lowest BCUT2D eigenvalue weighted by molar-refractivity contribution is 0.371. The number of guanidine groups is 1. The summed E-state index contributed by atoms with van der Waals surface area (Å²) in [5.41, 5.74) is 1.12. The van der Waals surface area contributed by atoms with Crippen LogP contribution in [0.3, 0.4) is 0 Å². The number of nitrogens with zero attached hydrogens (tertiary/aromatic N) is 3. The highest BCUT2D eigenvalue weighted by atomic mass is 35.5. The van der Waals surface area contributed by atoms with E-state index < -0.39 is 0 Å². The molecule has 0 radical (unpaired) electrons. The molecular weight excluding hydrogens is 278 g/mol. The van der Waals surface area contributed by atoms with E-state index in [-0.39, 0.29) is 0 Å². The van der Waals surface area contributed by atoms with Gasteiger partial charge in [0.1, 0.15) is 0 Å². The monoisotopic (exact) mass is 293 g/mol. The van der Waals surface area contributed by atoms with E-state index in [2.05, 4.69) is 25.8 Å². The van der Waals surface area contributed by atoms with E-state index in [1.54, 1.807) is 14.0 Å². The Labute approximate surface area is 122 Å². The van der Waals surface area contributed by atoms with Gasteiger partial charge in [-0.1, -0.05) is 28.9 Å². The van der Waals surface area contributed by atoms with Crippen LogP contribution in [0.1, 0.15) is 17.3 Å². The lowest BCUT2D eigenvalue weighted by Gasteiger charge is -2.10. The maximum atomic E-state index is 5.84. The van der Waals surface area contributed by atoms with Crippen LogP contribution in [0.25, 0.3) is 0 Å². The summed E-state index contributed by atoms with van der Waals surface area (Å²) in [6, 6.07) is 7.64. The molecule has 0 amide bonds. The molecule has 0 aliphatic heterocycles. The first-order valence-corrected chi connectivity index (χ1v) is 6.53. The molecule has 1 heterocycles. The zero-order chi connectivity index (χ0) is 14.4. The standard InChI is InChI=1S/C13H16ClN5O/c1-9-18-12(20-19-9)8-17-13(15-2)16-7-10-3-5-11(14)6-4-10/h3-6H,7-8H2,1-2H3,(H2,15,16,17). The van der Waals surface area contributed by atoms with Gasteiger partial charge in [-0.15, -0.1) is 0 Å². The predicted molar refractivity (Wildman–Crippen MR) is 77.5 cm³/mol. The Morgan fingerprint density at radius 1 is 1.25 bits per heavy atom. The molecule has 0 aliphatic rings. The highest BCUT2D eigenvalue weighted by Crippen LogP contribution is 2.09. The Kier molecular flexibility index (Phi) is 4.95. The predicted octanol–water partition coefficient (Wildman–Crippen LogP) is 1.90. The number of hydrogen-bond acceptors (Lipinski definition) is 4. The van der Waals surface area contributed by atoms with Crippen molar-refractivity contribution >= 4 is 17.6 Å². The fraction of sp³-hybridized carbons (Fsp3) is 0.308. The Morgan fingerprint density at radius 2 is 1.95 bits per heavy atom. The van der Waals surface area contributed by atoms with Crippen LogP contribution in [0.4, 0.5) is 0 Å². The molecule has 1 aromatic carbocycles. The normalized spacial score (nSPS) is 11.4. The molecule has 7 heteroatoms. The third-order valence-electron chi connectivity index (χ3n) is 2.57. The van der Waals surface area contributed by atoms with Gasteiger partial charge in [-0.3, -0.25) is 4.99 Å². The maximum Gasteiger partial charge on any atom is 0.246 e. The van der Waals surface area contributed by atoms with Gasteiger partial charge in [0, 0.05) is 18.6 Å². The van der Waals surface area contributed by atoms with Crippen molar-refractivity contribution in [2.45, 2.75) is 20.0 Å². The third-order valence-corrected chi connectivity index (χ3v) is 2.83. The van der Waals surface area contributed by atoms with E-state index in [0.29, 0.717) is 30.8 Å². The zero-order valence-electron chi connectivity index (χ0n) is 11.4. The minimum absolute atomic E-state index is 0.432. The lowest BCUT2D eigenvalue weighted by Crippen LogP contribution is -2.36. The summed E-state index contributed by atoms with van der Waals surface area (Å²) in [4.78, 5) is 8.23. The average Bonchev–Trinajstić information content (AvgIpc) is 2.87. The molecule has 1 aromatic heterocycles. The molecule has 0 saturated carbocycles. The van der Waals surface area contributed by atoms with Gasteiger partial charge in [0.05, 0.1) is 6.54 Å². The number of nitrogens with one attached hydrogen (secondary N) is 2. The van der Waals surface area contributed by atoms with Crippen molar-refractivity contribution in [3.8, 4) is 0 Å². The molecule has 6 nitrogen and oxygen atoms in total. The first-order chi connectivity index (χ1) is 9.67. The van der Waals surface area contributed by atoms with Crippen LogP contribution in [0.2, 0.25) is 5.02 Å². The molecule has 2 N–H and O–H groups in total. The first-order valence-electron chi connectivity index (χ1n) is 6.15. The number of aryl methyl sites for hydroxylation is 1. The summed E-state index contributed by atoms with van der Waals surface area (Å²) < 4.78 is 5.01. The van der Waals surface area contributed by atoms with Crippen molar-refractivity contribution in [3.63, 3.8) is 0 Å². The van der Waals surface area contributed by atoms with Crippen LogP contribution in [0.5, 0.6) is 0 Å². The Hall–Kier alpha value is -2.08. The van der Waals surface area contributed by atoms with E-state index in [1.807, 2.05) is 24.3 Å². The van der Waals surface area contributed by atoms with Gasteiger partial charge in [0.2, 0.25) is 5.89 Å². The molecule has 0 fully saturated rings. The molecule has 0 aliphatic carbocycles. The Morgan fingerprint density at radius 3 is 2.55 bits per heavy atom. The minimum Gasteiger partial charge on any atom is -0.352 e. The molecule has 2 rings (SSSR count). The maximum absolute atomic E-state index is 5.84. The van der Waals surface area contributed by atoms with Gasteiger partial charge in [-0.25, -0.2) is 0 Å². The number of benzene rings is 1. The van der Waals surface area contributed by atoms with Crippen molar-refractivity contribution in [3.05, 3.63) is 46.6 Å². The van der Waals surface area contributed by atoms with E-state index in [9.17, 15) is 0 Å². The van der Waals surface area contributed by atoms with Crippen LogP contribution in [-0.2, 0) is 13.1 Å². The molecule has 0 spiro atoms. The largest absolute Gasteiger partial charge is 0.352 e. The quantitative estimate of drug-likeness (QED) is 0.665. The summed E-state index contributed by atoms with van der Waals surface area (Å²) in [6.45, 7) is 2.86. The SMILES string of the molecule is CN=C(NCc1ccc(Cl)cc1)NCc1nc(C)no1. The van der Waals surface area contributed by atoms with Gasteiger partial charge >= 0.3 is 0 Å². The summed E-state index contributed by atoms with van der Waals surface area (Å²) in [7, 11) is 1.70. The van der Waals surface area contributed by atoms with E-state index in [4.69, 9.17) is 16.1 Å². The van der Waals surface area contributed by atoms with Gasteiger partial charge in [0.15, 0.2) is 11.8 Å². The second kappa shape index (κ2) is 6.91. The smallest absolute Gasteiger partial charge is 0.246 e. The van der Waals surface area contributed by atoms with E-state index >= 15 is 0 Å². The van der Waals surface area contributed by atoms with Crippen LogP contribution in [0.15, 0.2) is 33.8 Å². The fourth-order valence-corrected chi connectivity index (χ4v) is 1.71. The molecule has 2 aromatic rings. The highest BCUT2D eigenvalue weighted by molar-refractivity contribution is 6.30. The van der Waals surface area contributed by atoms with Crippen LogP contribution >= 0.6 is 11.6 Å². The van der Waals surface area contributed by atoms with E-state index in [1.165, 1.54) is 0 Å². The fourth-order valence-electron chi connectivity index (χ4n) is 1.58. The van der Waals surface area contributed by atoms with Crippen LogP contribution in [0, 0.1) is 6.92 Å². The molecular formula is C13H16ClN5O. The highest BCUT2D eigenvalue weighted by Gasteiger charge is 2.04. The second-order valence-electron chi connectivity index (χ2n) is 4.14. The van der Waals surface area contributed by atoms with E-state index in [0.717, 1.165) is 10.6 Å². The van der Waals surface area contributed by atoms with Crippen molar-refractivity contribution in [1.29, 1.82) is 0 Å². The summed E-state index contributed by atoms with van der Waals surface area (Å²) >= 11 is 5.84. The second-order valence-corrected chi connectivity index (χ2v) is 4.58. The van der Waals surface area contributed by atoms with Crippen LogP contribution < -0.4 is 10.6 Å². The number of rotatable bonds is 4. The average molecular weight is 294 g/mol. The third kappa shape index (κ3) is 4.24. The first kappa shape index (κ1) is 14.3.